The molecule has 0 fully saturated rings. The molecule has 28 heavy (non-hydrogen) atoms. The topological polar surface area (TPSA) is 95.5 Å². The van der Waals surface area contributed by atoms with Gasteiger partial charge in [0, 0.05) is 12.0 Å². The summed E-state index contributed by atoms with van der Waals surface area (Å²) in [5.41, 5.74) is 1.30. The summed E-state index contributed by atoms with van der Waals surface area (Å²) in [6.45, 7) is 3.78. The number of benzene rings is 2. The van der Waals surface area contributed by atoms with E-state index in [-0.39, 0.29) is 18.2 Å². The lowest BCUT2D eigenvalue weighted by molar-refractivity contribution is -0.142. The van der Waals surface area contributed by atoms with Crippen LogP contribution in [0.25, 0.3) is 0 Å². The van der Waals surface area contributed by atoms with Crippen molar-refractivity contribution >= 4 is 17.8 Å². The molecule has 2 aromatic carbocycles. The van der Waals surface area contributed by atoms with E-state index in [4.69, 9.17) is 0 Å². The van der Waals surface area contributed by atoms with Gasteiger partial charge < -0.3 is 15.7 Å². The number of amides is 2. The van der Waals surface area contributed by atoms with E-state index < -0.39 is 24.0 Å². The minimum Gasteiger partial charge on any atom is -0.480 e. The van der Waals surface area contributed by atoms with Crippen LogP contribution in [0, 0.1) is 5.92 Å². The maximum Gasteiger partial charge on any atom is 0.326 e. The summed E-state index contributed by atoms with van der Waals surface area (Å²) >= 11 is 0. The summed E-state index contributed by atoms with van der Waals surface area (Å²) < 4.78 is 0. The molecule has 6 heteroatoms. The van der Waals surface area contributed by atoms with Gasteiger partial charge >= 0.3 is 5.97 Å². The Kier molecular flexibility index (Phi) is 7.75. The van der Waals surface area contributed by atoms with Crippen LogP contribution in [-0.4, -0.2) is 35.0 Å². The van der Waals surface area contributed by atoms with Crippen LogP contribution in [0.2, 0.25) is 0 Å². The summed E-state index contributed by atoms with van der Waals surface area (Å²) in [5, 5.41) is 14.7. The van der Waals surface area contributed by atoms with Gasteiger partial charge in [-0.3, -0.25) is 9.59 Å². The Balaban J connectivity index is 2.17. The van der Waals surface area contributed by atoms with Crippen molar-refractivity contribution in [2.24, 2.45) is 5.92 Å². The van der Waals surface area contributed by atoms with Crippen LogP contribution < -0.4 is 10.6 Å². The second kappa shape index (κ2) is 10.3. The van der Waals surface area contributed by atoms with Crippen molar-refractivity contribution < 1.29 is 19.5 Å². The molecule has 0 aliphatic rings. The van der Waals surface area contributed by atoms with Gasteiger partial charge in [0.15, 0.2) is 0 Å². The quantitative estimate of drug-likeness (QED) is 0.580. The third kappa shape index (κ3) is 6.54. The van der Waals surface area contributed by atoms with E-state index in [9.17, 15) is 19.5 Å². The van der Waals surface area contributed by atoms with Gasteiger partial charge in [-0.2, -0.15) is 0 Å². The van der Waals surface area contributed by atoms with Gasteiger partial charge in [-0.1, -0.05) is 62.4 Å². The van der Waals surface area contributed by atoms with Crippen LogP contribution in [0.15, 0.2) is 60.7 Å². The molecule has 2 atom stereocenters. The number of hydrogen-bond donors (Lipinski definition) is 3. The number of carboxylic acids is 1. The lowest BCUT2D eigenvalue weighted by Gasteiger charge is -2.22. The smallest absolute Gasteiger partial charge is 0.326 e. The number of carbonyl (C=O) groups is 3. The molecule has 2 aromatic rings. The van der Waals surface area contributed by atoms with Crippen molar-refractivity contribution in [2.45, 2.75) is 38.8 Å². The zero-order valence-corrected chi connectivity index (χ0v) is 16.1. The summed E-state index contributed by atoms with van der Waals surface area (Å²) in [4.78, 5) is 36.9. The number of carbonyl (C=O) groups excluding carboxylic acids is 2. The molecule has 2 rings (SSSR count). The Labute approximate surface area is 165 Å². The van der Waals surface area contributed by atoms with Crippen molar-refractivity contribution in [1.82, 2.24) is 10.6 Å². The minimum absolute atomic E-state index is 0.105. The zero-order valence-electron chi connectivity index (χ0n) is 16.1. The van der Waals surface area contributed by atoms with Crippen molar-refractivity contribution in [3.8, 4) is 0 Å². The van der Waals surface area contributed by atoms with Crippen molar-refractivity contribution in [1.29, 1.82) is 0 Å². The SMILES string of the molecule is CC(C)C[C@H](NC(=O)[C@H](Cc1ccccc1)NC(=O)c1ccccc1)[13C](=O)O. The molecule has 0 saturated carbocycles. The van der Waals surface area contributed by atoms with Crippen LogP contribution in [0.4, 0.5) is 0 Å². The standard InChI is InChI=1S/C22H26N2O4/c1-15(2)13-19(22(27)28)24-21(26)18(14-16-9-5-3-6-10-16)23-20(25)17-11-7-4-8-12-17/h3-12,15,18-19H,13-14H2,1-2H3,(H,23,25)(H,24,26)(H,27,28)/t18-,19-/m0/s1/i22+1. The molecule has 0 heterocycles. The monoisotopic (exact) mass is 383 g/mol. The molecule has 0 radical (unpaired) electrons. The first-order valence-electron chi connectivity index (χ1n) is 9.30. The fourth-order valence-corrected chi connectivity index (χ4v) is 2.86. The van der Waals surface area contributed by atoms with E-state index in [0.717, 1.165) is 5.56 Å². The van der Waals surface area contributed by atoms with E-state index in [1.807, 2.05) is 44.2 Å². The first-order valence-corrected chi connectivity index (χ1v) is 9.30. The van der Waals surface area contributed by atoms with Gasteiger partial charge in [-0.25, -0.2) is 4.79 Å². The number of nitrogens with one attached hydrogen (secondary N) is 2. The van der Waals surface area contributed by atoms with E-state index in [2.05, 4.69) is 10.6 Å². The average Bonchev–Trinajstić information content (AvgIpc) is 2.68. The van der Waals surface area contributed by atoms with Gasteiger partial charge in [-0.05, 0) is 30.0 Å². The fraction of sp³-hybridized carbons (Fsp3) is 0.318. The van der Waals surface area contributed by atoms with E-state index in [1.165, 1.54) is 0 Å². The van der Waals surface area contributed by atoms with Crippen molar-refractivity contribution in [2.75, 3.05) is 0 Å². The van der Waals surface area contributed by atoms with Crippen LogP contribution in [0.3, 0.4) is 0 Å². The third-order valence-corrected chi connectivity index (χ3v) is 4.26. The Morgan fingerprint density at radius 3 is 1.96 bits per heavy atom. The van der Waals surface area contributed by atoms with Gasteiger partial charge in [0.25, 0.3) is 5.91 Å². The fourth-order valence-electron chi connectivity index (χ4n) is 2.86. The molecule has 2 amide bonds. The Bertz CT molecular complexity index is 791. The normalized spacial score (nSPS) is 12.8. The van der Waals surface area contributed by atoms with Gasteiger partial charge in [0.1, 0.15) is 12.1 Å². The second-order valence-electron chi connectivity index (χ2n) is 7.11. The molecule has 148 valence electrons. The lowest BCUT2D eigenvalue weighted by atomic mass is 10.0. The minimum atomic E-state index is -1.09. The highest BCUT2D eigenvalue weighted by Gasteiger charge is 2.27. The number of hydrogen-bond acceptors (Lipinski definition) is 3. The van der Waals surface area contributed by atoms with Crippen LogP contribution >= 0.6 is 0 Å². The van der Waals surface area contributed by atoms with E-state index in [0.29, 0.717) is 12.0 Å². The van der Waals surface area contributed by atoms with Crippen LogP contribution in [0.1, 0.15) is 36.2 Å². The van der Waals surface area contributed by atoms with Crippen LogP contribution in [0.5, 0.6) is 0 Å². The molecule has 0 aliphatic carbocycles. The molecule has 6 nitrogen and oxygen atoms in total. The number of rotatable bonds is 9. The van der Waals surface area contributed by atoms with Crippen molar-refractivity contribution in [3.05, 3.63) is 71.8 Å². The largest absolute Gasteiger partial charge is 0.480 e. The third-order valence-electron chi connectivity index (χ3n) is 4.26. The molecular weight excluding hydrogens is 357 g/mol. The molecule has 0 unspecified atom stereocenters. The number of carboxylic acid groups (broad SMARTS) is 1. The first kappa shape index (κ1) is 21.2. The molecular formula is C22H26N2O4. The maximum absolute atomic E-state index is 12.8. The van der Waals surface area contributed by atoms with E-state index >= 15 is 0 Å². The predicted molar refractivity (Wildman–Crippen MR) is 107 cm³/mol. The Morgan fingerprint density at radius 1 is 0.857 bits per heavy atom. The predicted octanol–water partition coefficient (Wildman–Crippen LogP) is 2.64. The summed E-state index contributed by atoms with van der Waals surface area (Å²) in [6.07, 6.45) is 0.574. The highest BCUT2D eigenvalue weighted by Crippen LogP contribution is 2.09. The van der Waals surface area contributed by atoms with E-state index in [1.54, 1.807) is 30.3 Å². The summed E-state index contributed by atoms with van der Waals surface area (Å²) in [5.74, 6) is -1.88. The summed E-state index contributed by atoms with van der Waals surface area (Å²) in [6, 6.07) is 16.0. The second-order valence-corrected chi connectivity index (χ2v) is 7.11. The maximum atomic E-state index is 12.8. The highest BCUT2D eigenvalue weighted by atomic mass is 16.5. The summed E-state index contributed by atoms with van der Waals surface area (Å²) in [7, 11) is 0. The van der Waals surface area contributed by atoms with Gasteiger partial charge in [-0.15, -0.1) is 0 Å². The van der Waals surface area contributed by atoms with Crippen LogP contribution in [-0.2, 0) is 16.0 Å². The molecule has 0 aliphatic heterocycles. The Morgan fingerprint density at radius 2 is 1.43 bits per heavy atom. The molecule has 0 bridgehead atoms. The Hall–Kier alpha value is -3.15. The average molecular weight is 383 g/mol. The number of aliphatic carboxylic acids is 1. The highest BCUT2D eigenvalue weighted by molar-refractivity contribution is 5.98. The molecule has 0 spiro atoms. The van der Waals surface area contributed by atoms with Gasteiger partial charge in [0.2, 0.25) is 5.91 Å². The zero-order chi connectivity index (χ0) is 20.5. The lowest BCUT2D eigenvalue weighted by Crippen LogP contribution is -2.52. The van der Waals surface area contributed by atoms with Crippen molar-refractivity contribution in [3.63, 3.8) is 0 Å². The molecule has 3 N–H and O–H groups in total. The molecule has 0 aromatic heterocycles. The first-order chi connectivity index (χ1) is 13.4. The van der Waals surface area contributed by atoms with Gasteiger partial charge in [0.05, 0.1) is 0 Å². The molecule has 0 saturated heterocycles.